The van der Waals surface area contributed by atoms with Crippen LogP contribution in [-0.4, -0.2) is 33.9 Å². The van der Waals surface area contributed by atoms with Gasteiger partial charge in [0.25, 0.3) is 5.91 Å². The molecule has 2 aromatic carbocycles. The predicted molar refractivity (Wildman–Crippen MR) is 113 cm³/mol. The Morgan fingerprint density at radius 1 is 1.07 bits per heavy atom. The van der Waals surface area contributed by atoms with Crippen molar-refractivity contribution in [3.05, 3.63) is 88.9 Å². The van der Waals surface area contributed by atoms with Crippen molar-refractivity contribution in [2.45, 2.75) is 19.0 Å². The van der Waals surface area contributed by atoms with Crippen LogP contribution in [0.15, 0.2) is 77.8 Å². The molecular weight excluding hydrogens is 446 g/mol. The monoisotopic (exact) mass is 466 g/mol. The molecule has 1 amide bonds. The topological polar surface area (TPSA) is 74.1 Å². The summed E-state index contributed by atoms with van der Waals surface area (Å²) in [5, 5.41) is 0. The van der Waals surface area contributed by atoms with E-state index in [1.807, 2.05) is 53.6 Å². The second-order valence-electron chi connectivity index (χ2n) is 7.27. The largest absolute Gasteiger partial charge is 0.328 e. The maximum absolute atomic E-state index is 13.3. The van der Waals surface area contributed by atoms with Crippen LogP contribution in [0.1, 0.15) is 28.4 Å². The number of hydrogen-bond acceptors (Lipinski definition) is 3. The fraction of sp³-hybridized carbons (Fsp3) is 0.217. The Morgan fingerprint density at radius 2 is 1.80 bits per heavy atom. The summed E-state index contributed by atoms with van der Waals surface area (Å²) in [6.45, 7) is 1.10. The normalized spacial score (nSPS) is 18.8. The van der Waals surface area contributed by atoms with Crippen molar-refractivity contribution in [3.63, 3.8) is 0 Å². The molecule has 1 saturated heterocycles. The minimum atomic E-state index is -1.04. The van der Waals surface area contributed by atoms with Crippen molar-refractivity contribution in [1.82, 2.24) is 9.88 Å². The van der Waals surface area contributed by atoms with Gasteiger partial charge in [-0.3, -0.25) is 19.4 Å². The van der Waals surface area contributed by atoms with E-state index in [9.17, 15) is 14.4 Å². The van der Waals surface area contributed by atoms with Gasteiger partial charge in [-0.15, -0.1) is 0 Å². The number of Topliss-reactive ketones (excluding diaryl/α,β-unsaturated/α-hetero) is 2. The van der Waals surface area contributed by atoms with E-state index in [1.54, 1.807) is 29.2 Å². The van der Waals surface area contributed by atoms with E-state index < -0.39 is 23.7 Å². The number of amides is 1. The maximum Gasteiger partial charge on any atom is 0.291 e. The van der Waals surface area contributed by atoms with Gasteiger partial charge in [-0.1, -0.05) is 58.4 Å². The first kappa shape index (κ1) is 20.2. The number of benzene rings is 2. The van der Waals surface area contributed by atoms with Crippen molar-refractivity contribution in [2.75, 3.05) is 6.54 Å². The highest BCUT2D eigenvalue weighted by Gasteiger charge is 2.51. The number of nitrogens with one attached hydrogen (secondary N) is 1. The molecule has 0 radical (unpaired) electrons. The number of H-pyrrole nitrogens is 1. The summed E-state index contributed by atoms with van der Waals surface area (Å²) in [4.78, 5) is 43.7. The summed E-state index contributed by atoms with van der Waals surface area (Å²) in [5.74, 6) is -2.58. The van der Waals surface area contributed by atoms with Gasteiger partial charge in [0.1, 0.15) is 18.3 Å². The first-order valence-electron chi connectivity index (χ1n) is 9.77. The van der Waals surface area contributed by atoms with Gasteiger partial charge in [0, 0.05) is 23.0 Å². The van der Waals surface area contributed by atoms with Crippen LogP contribution in [-0.2, 0) is 16.1 Å². The SMILES string of the molecule is O=C1C(=O)N(CCC[n+]2cc[nH]c2)C(c2ccccc2)C1C(=O)c1ccc(Br)cc1. The van der Waals surface area contributed by atoms with E-state index in [4.69, 9.17) is 0 Å². The Bertz CT molecular complexity index is 1050. The van der Waals surface area contributed by atoms with E-state index in [0.717, 1.165) is 10.0 Å². The molecule has 1 aromatic heterocycles. The molecule has 0 spiro atoms. The summed E-state index contributed by atoms with van der Waals surface area (Å²) in [6.07, 6.45) is 6.24. The highest BCUT2D eigenvalue weighted by Crippen LogP contribution is 2.38. The molecule has 2 heterocycles. The van der Waals surface area contributed by atoms with Crippen LogP contribution in [0.25, 0.3) is 0 Å². The van der Waals surface area contributed by atoms with E-state index >= 15 is 0 Å². The molecule has 4 rings (SSSR count). The fourth-order valence-electron chi connectivity index (χ4n) is 3.93. The quantitative estimate of drug-likeness (QED) is 0.251. The second kappa shape index (κ2) is 8.75. The molecule has 7 heteroatoms. The van der Waals surface area contributed by atoms with E-state index in [-0.39, 0.29) is 5.78 Å². The van der Waals surface area contributed by atoms with Gasteiger partial charge in [-0.2, -0.15) is 0 Å². The number of aromatic nitrogens is 2. The molecule has 1 aliphatic rings. The molecule has 2 atom stereocenters. The Kier molecular flexibility index (Phi) is 5.90. The number of imidazole rings is 1. The Hall–Kier alpha value is -3.06. The van der Waals surface area contributed by atoms with Crippen molar-refractivity contribution in [1.29, 1.82) is 0 Å². The molecule has 6 nitrogen and oxygen atoms in total. The number of halogens is 1. The van der Waals surface area contributed by atoms with Crippen molar-refractivity contribution in [3.8, 4) is 0 Å². The number of carbonyl (C=O) groups excluding carboxylic acids is 3. The van der Waals surface area contributed by atoms with Gasteiger partial charge < -0.3 is 4.90 Å². The summed E-state index contributed by atoms with van der Waals surface area (Å²) in [7, 11) is 0. The molecule has 30 heavy (non-hydrogen) atoms. The van der Waals surface area contributed by atoms with Crippen molar-refractivity contribution >= 4 is 33.4 Å². The average Bonchev–Trinajstić information content (AvgIpc) is 3.37. The lowest BCUT2D eigenvalue weighted by Crippen LogP contribution is -2.36. The molecule has 0 bridgehead atoms. The lowest BCUT2D eigenvalue weighted by atomic mass is 9.86. The minimum absolute atomic E-state index is 0.322. The second-order valence-corrected chi connectivity index (χ2v) is 8.19. The molecule has 0 saturated carbocycles. The van der Waals surface area contributed by atoms with Crippen LogP contribution < -0.4 is 4.57 Å². The van der Waals surface area contributed by atoms with Gasteiger partial charge >= 0.3 is 0 Å². The molecule has 1 fully saturated rings. The molecule has 1 N–H and O–H groups in total. The van der Waals surface area contributed by atoms with Crippen molar-refractivity contribution < 1.29 is 19.0 Å². The Balaban J connectivity index is 1.64. The number of carbonyl (C=O) groups is 3. The fourth-order valence-corrected chi connectivity index (χ4v) is 4.19. The highest BCUT2D eigenvalue weighted by molar-refractivity contribution is 9.10. The number of ketones is 2. The highest BCUT2D eigenvalue weighted by atomic mass is 79.9. The Labute approximate surface area is 182 Å². The van der Waals surface area contributed by atoms with Gasteiger partial charge in [-0.25, -0.2) is 4.57 Å². The zero-order chi connectivity index (χ0) is 21.1. The maximum atomic E-state index is 13.3. The number of likely N-dealkylation sites (tertiary alicyclic amines) is 1. The van der Waals surface area contributed by atoms with E-state index in [0.29, 0.717) is 25.1 Å². The van der Waals surface area contributed by atoms with Crippen molar-refractivity contribution in [2.24, 2.45) is 5.92 Å². The van der Waals surface area contributed by atoms with E-state index in [2.05, 4.69) is 20.9 Å². The standard InChI is InChI=1S/C23H20BrN3O3/c24-18-9-7-17(8-10-18)21(28)19-20(16-5-2-1-3-6-16)27(23(30)22(19)29)13-4-12-26-14-11-25-15-26/h1-3,5-11,14-15,19-20H,4,12-13H2/p+1. The van der Waals surface area contributed by atoms with Crippen LogP contribution in [0.5, 0.6) is 0 Å². The smallest absolute Gasteiger partial charge is 0.291 e. The zero-order valence-corrected chi connectivity index (χ0v) is 17.8. The summed E-state index contributed by atoms with van der Waals surface area (Å²) in [6, 6.07) is 15.6. The van der Waals surface area contributed by atoms with E-state index in [1.165, 1.54) is 0 Å². The molecule has 1 aliphatic heterocycles. The number of hydrogen-bond donors (Lipinski definition) is 1. The molecule has 0 aliphatic carbocycles. The first-order valence-corrected chi connectivity index (χ1v) is 10.6. The molecular formula is C23H21BrN3O3+. The van der Waals surface area contributed by atoms with Gasteiger partial charge in [0.05, 0.1) is 12.6 Å². The van der Waals surface area contributed by atoms with Gasteiger partial charge in [-0.05, 0) is 17.7 Å². The number of aryl methyl sites for hydroxylation is 1. The van der Waals surface area contributed by atoms with Crippen LogP contribution >= 0.6 is 15.9 Å². The lowest BCUT2D eigenvalue weighted by Gasteiger charge is -2.27. The summed E-state index contributed by atoms with van der Waals surface area (Å²) in [5.41, 5.74) is 1.22. The first-order chi connectivity index (χ1) is 14.6. The minimum Gasteiger partial charge on any atom is -0.328 e. The number of aromatic amines is 1. The molecule has 3 aromatic rings. The molecule has 2 unspecified atom stereocenters. The summed E-state index contributed by atoms with van der Waals surface area (Å²) >= 11 is 3.36. The van der Waals surface area contributed by atoms with Crippen LogP contribution in [0.4, 0.5) is 0 Å². The summed E-state index contributed by atoms with van der Waals surface area (Å²) < 4.78 is 2.82. The van der Waals surface area contributed by atoms with Gasteiger partial charge in [0.15, 0.2) is 5.78 Å². The third-order valence-corrected chi connectivity index (χ3v) is 5.90. The van der Waals surface area contributed by atoms with Crippen LogP contribution in [0.3, 0.4) is 0 Å². The Morgan fingerprint density at radius 3 is 2.47 bits per heavy atom. The predicted octanol–water partition coefficient (Wildman–Crippen LogP) is 3.11. The molecule has 152 valence electrons. The average molecular weight is 467 g/mol. The number of rotatable bonds is 7. The number of nitrogens with zero attached hydrogens (tertiary/aromatic N) is 2. The van der Waals surface area contributed by atoms with Crippen LogP contribution in [0.2, 0.25) is 0 Å². The third-order valence-electron chi connectivity index (χ3n) is 5.38. The zero-order valence-electron chi connectivity index (χ0n) is 16.2. The lowest BCUT2D eigenvalue weighted by molar-refractivity contribution is -0.695. The van der Waals surface area contributed by atoms with Crippen LogP contribution in [0, 0.1) is 5.92 Å². The van der Waals surface area contributed by atoms with Gasteiger partial charge in [0.2, 0.25) is 12.1 Å². The third kappa shape index (κ3) is 3.98.